The number of aryl methyl sites for hydroxylation is 1. The van der Waals surface area contributed by atoms with Crippen LogP contribution in [0.25, 0.3) is 5.69 Å². The molecule has 0 bridgehead atoms. The molecule has 1 aromatic carbocycles. The summed E-state index contributed by atoms with van der Waals surface area (Å²) in [6.07, 6.45) is 0. The van der Waals surface area contributed by atoms with E-state index in [0.717, 1.165) is 6.07 Å². The van der Waals surface area contributed by atoms with E-state index in [1.165, 1.54) is 22.9 Å². The van der Waals surface area contributed by atoms with Gasteiger partial charge in [0.1, 0.15) is 11.4 Å². The van der Waals surface area contributed by atoms with Gasteiger partial charge < -0.3 is 5.11 Å². The molecule has 0 aliphatic carbocycles. The molecule has 2 rings (SSSR count). The molecule has 1 aromatic heterocycles. The predicted molar refractivity (Wildman–Crippen MR) is 59.4 cm³/mol. The van der Waals surface area contributed by atoms with Gasteiger partial charge in [-0.05, 0) is 19.1 Å². The van der Waals surface area contributed by atoms with Crippen molar-refractivity contribution < 1.29 is 10.0 Å². The van der Waals surface area contributed by atoms with Crippen molar-refractivity contribution in [1.82, 2.24) is 9.78 Å². The lowest BCUT2D eigenvalue weighted by Crippen LogP contribution is -2.06. The zero-order valence-electron chi connectivity index (χ0n) is 8.88. The van der Waals surface area contributed by atoms with Gasteiger partial charge in [-0.1, -0.05) is 0 Å². The number of aromatic hydroxyl groups is 1. The lowest BCUT2D eigenvalue weighted by Gasteiger charge is -2.06. The summed E-state index contributed by atoms with van der Waals surface area (Å²) in [5.41, 5.74) is 0.126. The number of nitro benzene ring substituents is 1. The average molecular weight is 235 g/mol. The minimum Gasteiger partial charge on any atom is -0.508 e. The van der Waals surface area contributed by atoms with Crippen LogP contribution in [0, 0.1) is 17.0 Å². The number of nitrogens with zero attached hydrogens (tertiary/aromatic N) is 2. The summed E-state index contributed by atoms with van der Waals surface area (Å²) < 4.78 is 1.31. The molecule has 88 valence electrons. The molecule has 0 atom stereocenters. The summed E-state index contributed by atoms with van der Waals surface area (Å²) >= 11 is 0. The Bertz CT molecular complexity index is 641. The van der Waals surface area contributed by atoms with Crippen LogP contribution in [0.3, 0.4) is 0 Å². The highest BCUT2D eigenvalue weighted by Crippen LogP contribution is 2.26. The number of nitro groups is 1. The quantitative estimate of drug-likeness (QED) is 0.600. The smallest absolute Gasteiger partial charge is 0.298 e. The fourth-order valence-corrected chi connectivity index (χ4v) is 1.58. The molecule has 0 aliphatic heterocycles. The van der Waals surface area contributed by atoms with Gasteiger partial charge in [0.05, 0.1) is 11.0 Å². The minimum absolute atomic E-state index is 0.201. The van der Waals surface area contributed by atoms with Crippen LogP contribution in [0.4, 0.5) is 5.69 Å². The molecule has 0 saturated heterocycles. The third kappa shape index (κ3) is 1.89. The lowest BCUT2D eigenvalue weighted by molar-refractivity contribution is -0.384. The van der Waals surface area contributed by atoms with Crippen LogP contribution in [0.1, 0.15) is 5.69 Å². The van der Waals surface area contributed by atoms with Gasteiger partial charge in [0.2, 0.25) is 0 Å². The number of benzene rings is 1. The summed E-state index contributed by atoms with van der Waals surface area (Å²) in [6, 6.07) is 5.06. The van der Waals surface area contributed by atoms with Crippen LogP contribution >= 0.6 is 0 Å². The summed E-state index contributed by atoms with van der Waals surface area (Å²) in [6.45, 7) is 1.65. The van der Waals surface area contributed by atoms with Crippen molar-refractivity contribution in [3.8, 4) is 11.4 Å². The van der Waals surface area contributed by atoms with Gasteiger partial charge in [-0.2, -0.15) is 0 Å². The summed E-state index contributed by atoms with van der Waals surface area (Å²) in [7, 11) is 0. The van der Waals surface area contributed by atoms with Crippen molar-refractivity contribution in [3.05, 3.63) is 50.4 Å². The Kier molecular flexibility index (Phi) is 2.43. The highest BCUT2D eigenvalue weighted by Gasteiger charge is 2.17. The van der Waals surface area contributed by atoms with Gasteiger partial charge in [-0.15, -0.1) is 0 Å². The standard InChI is InChI=1S/C10H9N3O4/c1-6-4-10(15)11-12(6)8-3-2-7(14)5-9(8)13(16)17/h2-5,14H,1H3,(H,11,15). The van der Waals surface area contributed by atoms with E-state index in [1.807, 2.05) is 0 Å². The third-order valence-corrected chi connectivity index (χ3v) is 2.31. The van der Waals surface area contributed by atoms with Crippen LogP contribution in [0.5, 0.6) is 5.75 Å². The Balaban J connectivity index is 2.71. The normalized spacial score (nSPS) is 10.4. The number of phenols is 1. The molecule has 2 N–H and O–H groups in total. The van der Waals surface area contributed by atoms with Gasteiger partial charge in [-0.25, -0.2) is 0 Å². The van der Waals surface area contributed by atoms with Gasteiger partial charge in [0, 0.05) is 11.8 Å². The maximum absolute atomic E-state index is 11.1. The Labute approximate surface area is 95.1 Å². The number of aromatic nitrogens is 2. The molecule has 1 heterocycles. The highest BCUT2D eigenvalue weighted by atomic mass is 16.6. The summed E-state index contributed by atoms with van der Waals surface area (Å²) in [5.74, 6) is -0.201. The molecule has 0 spiro atoms. The first-order valence-electron chi connectivity index (χ1n) is 4.75. The van der Waals surface area contributed by atoms with E-state index in [2.05, 4.69) is 5.10 Å². The highest BCUT2D eigenvalue weighted by molar-refractivity contribution is 5.55. The molecule has 7 heteroatoms. The predicted octanol–water partition coefficient (Wildman–Crippen LogP) is 1.09. The Hall–Kier alpha value is -2.57. The van der Waals surface area contributed by atoms with Crippen LogP contribution in [0.2, 0.25) is 0 Å². The molecular weight excluding hydrogens is 226 g/mol. The number of nitrogens with one attached hydrogen (secondary N) is 1. The van der Waals surface area contributed by atoms with E-state index in [4.69, 9.17) is 0 Å². The SMILES string of the molecule is Cc1cc(=O)[nH]n1-c1ccc(O)cc1[N+](=O)[O-]. The van der Waals surface area contributed by atoms with Crippen molar-refractivity contribution >= 4 is 5.69 Å². The molecule has 0 radical (unpaired) electrons. The average Bonchev–Trinajstić information content (AvgIpc) is 2.57. The van der Waals surface area contributed by atoms with Crippen molar-refractivity contribution in [2.45, 2.75) is 6.92 Å². The molecule has 0 unspecified atom stereocenters. The second-order valence-electron chi connectivity index (χ2n) is 3.53. The Morgan fingerprint density at radius 3 is 2.65 bits per heavy atom. The summed E-state index contributed by atoms with van der Waals surface area (Å²) in [4.78, 5) is 21.4. The zero-order chi connectivity index (χ0) is 12.6. The Morgan fingerprint density at radius 1 is 1.41 bits per heavy atom. The molecule has 0 saturated carbocycles. The lowest BCUT2D eigenvalue weighted by atomic mass is 10.2. The summed E-state index contributed by atoms with van der Waals surface area (Å²) in [5, 5.41) is 22.5. The molecule has 7 nitrogen and oxygen atoms in total. The van der Waals surface area contributed by atoms with Gasteiger partial charge in [-0.3, -0.25) is 24.7 Å². The maximum Gasteiger partial charge on any atom is 0.298 e. The maximum atomic E-state index is 11.1. The van der Waals surface area contributed by atoms with E-state index in [1.54, 1.807) is 6.92 Å². The van der Waals surface area contributed by atoms with Crippen molar-refractivity contribution in [3.63, 3.8) is 0 Å². The van der Waals surface area contributed by atoms with Crippen LogP contribution < -0.4 is 5.56 Å². The van der Waals surface area contributed by atoms with Crippen LogP contribution in [-0.4, -0.2) is 19.8 Å². The number of rotatable bonds is 2. The first kappa shape index (κ1) is 10.9. The van der Waals surface area contributed by atoms with Crippen molar-refractivity contribution in [2.75, 3.05) is 0 Å². The van der Waals surface area contributed by atoms with E-state index in [0.29, 0.717) is 5.69 Å². The topological polar surface area (TPSA) is 101 Å². The monoisotopic (exact) mass is 235 g/mol. The van der Waals surface area contributed by atoms with Gasteiger partial charge in [0.25, 0.3) is 11.2 Å². The molecule has 0 fully saturated rings. The first-order valence-corrected chi connectivity index (χ1v) is 4.75. The number of hydrogen-bond acceptors (Lipinski definition) is 4. The molecular formula is C10H9N3O4. The zero-order valence-corrected chi connectivity index (χ0v) is 8.88. The first-order chi connectivity index (χ1) is 7.99. The fourth-order valence-electron chi connectivity index (χ4n) is 1.58. The molecule has 0 amide bonds. The number of H-pyrrole nitrogens is 1. The number of hydrogen-bond donors (Lipinski definition) is 2. The molecule has 2 aromatic rings. The minimum atomic E-state index is -0.618. The Morgan fingerprint density at radius 2 is 2.12 bits per heavy atom. The van der Waals surface area contributed by atoms with E-state index < -0.39 is 4.92 Å². The second-order valence-corrected chi connectivity index (χ2v) is 3.53. The van der Waals surface area contributed by atoms with Crippen LogP contribution in [-0.2, 0) is 0 Å². The third-order valence-electron chi connectivity index (χ3n) is 2.31. The number of phenolic OH excluding ortho intramolecular Hbond substituents is 1. The largest absolute Gasteiger partial charge is 0.508 e. The van der Waals surface area contributed by atoms with Gasteiger partial charge in [0.15, 0.2) is 0 Å². The van der Waals surface area contributed by atoms with E-state index >= 15 is 0 Å². The van der Waals surface area contributed by atoms with E-state index in [9.17, 15) is 20.0 Å². The molecule has 17 heavy (non-hydrogen) atoms. The van der Waals surface area contributed by atoms with Crippen molar-refractivity contribution in [1.29, 1.82) is 0 Å². The van der Waals surface area contributed by atoms with Crippen LogP contribution in [0.15, 0.2) is 29.1 Å². The van der Waals surface area contributed by atoms with E-state index in [-0.39, 0.29) is 22.7 Å². The fraction of sp³-hybridized carbons (Fsp3) is 0.100. The molecule has 0 aliphatic rings. The second kappa shape index (κ2) is 3.78. The van der Waals surface area contributed by atoms with Gasteiger partial charge >= 0.3 is 0 Å². The number of aromatic amines is 1. The van der Waals surface area contributed by atoms with Crippen molar-refractivity contribution in [2.24, 2.45) is 0 Å².